The molecule has 0 aromatic heterocycles. The van der Waals surface area contributed by atoms with Gasteiger partial charge in [0.05, 0.1) is 0 Å². The lowest BCUT2D eigenvalue weighted by Crippen LogP contribution is -2.51. The summed E-state index contributed by atoms with van der Waals surface area (Å²) < 4.78 is 0. The van der Waals surface area contributed by atoms with E-state index in [9.17, 15) is 9.90 Å². The number of aliphatic imine (C=N–C) groups is 1. The normalized spacial score (nSPS) is 19.4. The summed E-state index contributed by atoms with van der Waals surface area (Å²) >= 11 is 0. The van der Waals surface area contributed by atoms with Gasteiger partial charge in [0.25, 0.3) is 0 Å². The minimum atomic E-state index is 0. The van der Waals surface area contributed by atoms with Crippen molar-refractivity contribution in [3.05, 3.63) is 0 Å². The van der Waals surface area contributed by atoms with Crippen molar-refractivity contribution in [2.45, 2.75) is 59.3 Å². The van der Waals surface area contributed by atoms with Gasteiger partial charge in [0, 0.05) is 64.9 Å². The Bertz CT molecular complexity index is 518. The van der Waals surface area contributed by atoms with Crippen LogP contribution in [0.25, 0.3) is 0 Å². The van der Waals surface area contributed by atoms with Gasteiger partial charge in [0.15, 0.2) is 5.96 Å². The van der Waals surface area contributed by atoms with E-state index in [0.29, 0.717) is 23.7 Å². The van der Waals surface area contributed by atoms with Crippen molar-refractivity contribution in [3.63, 3.8) is 0 Å². The first-order valence-corrected chi connectivity index (χ1v) is 12.2. The first-order valence-electron chi connectivity index (χ1n) is 12.2. The molecule has 1 saturated heterocycles. The predicted octanol–water partition coefficient (Wildman–Crippen LogP) is 2.54. The molecule has 2 rings (SSSR count). The lowest BCUT2D eigenvalue weighted by Gasteiger charge is -2.36. The van der Waals surface area contributed by atoms with Crippen LogP contribution in [0.5, 0.6) is 0 Å². The van der Waals surface area contributed by atoms with E-state index < -0.39 is 0 Å². The Balaban J connectivity index is 0.00000480. The Morgan fingerprint density at radius 1 is 1.13 bits per heavy atom. The van der Waals surface area contributed by atoms with Gasteiger partial charge in [-0.1, -0.05) is 26.7 Å². The molecule has 1 aliphatic heterocycles. The number of hydrogen-bond donors (Lipinski definition) is 3. The number of nitrogens with one attached hydrogen (secondary N) is 2. The van der Waals surface area contributed by atoms with E-state index >= 15 is 0 Å². The molecule has 7 nitrogen and oxygen atoms in total. The molecule has 0 aromatic rings. The standard InChI is InChI=1S/C23H45N5O2.HI/c1-4-24-23(26-18-20(9-16-29)17-19(2)3)25-10-11-27-12-14-28(15-13-27)22(30)21-7-5-6-8-21;/h19-21,29H,4-18H2,1-3H3,(H2,24,25,26);1H. The Labute approximate surface area is 206 Å². The zero-order valence-electron chi connectivity index (χ0n) is 19.9. The van der Waals surface area contributed by atoms with E-state index in [1.807, 2.05) is 0 Å². The first-order chi connectivity index (χ1) is 14.5. The molecule has 0 spiro atoms. The summed E-state index contributed by atoms with van der Waals surface area (Å²) in [5.74, 6) is 2.59. The molecule has 3 N–H and O–H groups in total. The van der Waals surface area contributed by atoms with Crippen molar-refractivity contribution >= 4 is 35.8 Å². The van der Waals surface area contributed by atoms with Gasteiger partial charge in [-0.3, -0.25) is 14.7 Å². The van der Waals surface area contributed by atoms with Gasteiger partial charge in [-0.2, -0.15) is 0 Å². The number of aliphatic hydroxyl groups is 1. The van der Waals surface area contributed by atoms with Gasteiger partial charge in [0.2, 0.25) is 5.91 Å². The van der Waals surface area contributed by atoms with Crippen LogP contribution in [-0.2, 0) is 4.79 Å². The average molecular weight is 552 g/mol. The lowest BCUT2D eigenvalue weighted by molar-refractivity contribution is -0.137. The highest BCUT2D eigenvalue weighted by Crippen LogP contribution is 2.26. The molecule has 0 bridgehead atoms. The van der Waals surface area contributed by atoms with Crippen molar-refractivity contribution in [2.24, 2.45) is 22.7 Å². The molecular weight excluding hydrogens is 505 g/mol. The van der Waals surface area contributed by atoms with Crippen molar-refractivity contribution in [1.29, 1.82) is 0 Å². The van der Waals surface area contributed by atoms with Crippen LogP contribution in [0.2, 0.25) is 0 Å². The fourth-order valence-electron chi connectivity index (χ4n) is 4.65. The predicted molar refractivity (Wildman–Crippen MR) is 139 cm³/mol. The van der Waals surface area contributed by atoms with Gasteiger partial charge >= 0.3 is 0 Å². The van der Waals surface area contributed by atoms with Gasteiger partial charge in [-0.05, 0) is 44.4 Å². The Morgan fingerprint density at radius 2 is 1.81 bits per heavy atom. The molecule has 1 heterocycles. The second-order valence-corrected chi connectivity index (χ2v) is 9.30. The number of carbonyl (C=O) groups is 1. The SMILES string of the molecule is CCNC(=NCC(CCO)CC(C)C)NCCN1CCN(C(=O)C2CCCC2)CC1.I. The zero-order valence-corrected chi connectivity index (χ0v) is 22.3. The molecule has 1 saturated carbocycles. The molecule has 0 radical (unpaired) electrons. The van der Waals surface area contributed by atoms with Crippen molar-refractivity contribution < 1.29 is 9.90 Å². The third kappa shape index (κ3) is 10.7. The number of hydrogen-bond acceptors (Lipinski definition) is 4. The van der Waals surface area contributed by atoms with Crippen LogP contribution >= 0.6 is 24.0 Å². The van der Waals surface area contributed by atoms with E-state index in [2.05, 4.69) is 41.2 Å². The molecule has 1 amide bonds. The number of guanidine groups is 1. The number of carbonyl (C=O) groups excluding carboxylic acids is 1. The van der Waals surface area contributed by atoms with E-state index in [0.717, 1.165) is 84.0 Å². The highest BCUT2D eigenvalue weighted by Gasteiger charge is 2.29. The fraction of sp³-hybridized carbons (Fsp3) is 0.913. The smallest absolute Gasteiger partial charge is 0.225 e. The second kappa shape index (κ2) is 16.1. The number of amides is 1. The molecule has 1 unspecified atom stereocenters. The van der Waals surface area contributed by atoms with E-state index in [4.69, 9.17) is 4.99 Å². The highest BCUT2D eigenvalue weighted by molar-refractivity contribution is 14.0. The minimum absolute atomic E-state index is 0. The van der Waals surface area contributed by atoms with Crippen LogP contribution in [0.4, 0.5) is 0 Å². The summed E-state index contributed by atoms with van der Waals surface area (Å²) in [4.78, 5) is 21.9. The van der Waals surface area contributed by atoms with Crippen molar-refractivity contribution in [1.82, 2.24) is 20.4 Å². The Hall–Kier alpha value is -0.610. The third-order valence-corrected chi connectivity index (χ3v) is 6.30. The maximum Gasteiger partial charge on any atom is 0.225 e. The Morgan fingerprint density at radius 3 is 2.39 bits per heavy atom. The van der Waals surface area contributed by atoms with Gasteiger partial charge in [-0.25, -0.2) is 0 Å². The van der Waals surface area contributed by atoms with Crippen molar-refractivity contribution in [2.75, 3.05) is 59.0 Å². The van der Waals surface area contributed by atoms with Gasteiger partial charge in [0.1, 0.15) is 0 Å². The van der Waals surface area contributed by atoms with Crippen LogP contribution in [0.3, 0.4) is 0 Å². The first kappa shape index (κ1) is 28.4. The molecule has 2 aliphatic rings. The molecule has 31 heavy (non-hydrogen) atoms. The van der Waals surface area contributed by atoms with Crippen LogP contribution in [0.1, 0.15) is 59.3 Å². The average Bonchev–Trinajstić information content (AvgIpc) is 3.26. The molecule has 0 aromatic carbocycles. The summed E-state index contributed by atoms with van der Waals surface area (Å²) in [5, 5.41) is 16.1. The maximum atomic E-state index is 12.6. The second-order valence-electron chi connectivity index (χ2n) is 9.30. The van der Waals surface area contributed by atoms with Crippen LogP contribution in [0.15, 0.2) is 4.99 Å². The van der Waals surface area contributed by atoms with Gasteiger partial charge < -0.3 is 20.6 Å². The molecule has 182 valence electrons. The third-order valence-electron chi connectivity index (χ3n) is 6.30. The summed E-state index contributed by atoms with van der Waals surface area (Å²) in [6, 6.07) is 0. The lowest BCUT2D eigenvalue weighted by atomic mass is 9.94. The summed E-state index contributed by atoms with van der Waals surface area (Å²) in [5.41, 5.74) is 0. The molecule has 2 fully saturated rings. The number of aliphatic hydroxyl groups excluding tert-OH is 1. The molecule has 1 atom stereocenters. The molecular formula is C23H46IN5O2. The number of piperazine rings is 1. The highest BCUT2D eigenvalue weighted by atomic mass is 127. The maximum absolute atomic E-state index is 12.6. The van der Waals surface area contributed by atoms with Gasteiger partial charge in [-0.15, -0.1) is 24.0 Å². The minimum Gasteiger partial charge on any atom is -0.396 e. The summed E-state index contributed by atoms with van der Waals surface area (Å²) in [7, 11) is 0. The molecule has 1 aliphatic carbocycles. The quantitative estimate of drug-likeness (QED) is 0.209. The molecule has 8 heteroatoms. The number of halogens is 1. The monoisotopic (exact) mass is 551 g/mol. The Kier molecular flexibility index (Phi) is 14.7. The van der Waals surface area contributed by atoms with Crippen LogP contribution in [-0.4, -0.2) is 85.7 Å². The topological polar surface area (TPSA) is 80.2 Å². The van der Waals surface area contributed by atoms with E-state index in [1.165, 1.54) is 12.8 Å². The van der Waals surface area contributed by atoms with E-state index in [-0.39, 0.29) is 30.6 Å². The van der Waals surface area contributed by atoms with E-state index in [1.54, 1.807) is 0 Å². The van der Waals surface area contributed by atoms with Crippen molar-refractivity contribution in [3.8, 4) is 0 Å². The number of rotatable bonds is 11. The number of nitrogens with zero attached hydrogens (tertiary/aromatic N) is 3. The largest absolute Gasteiger partial charge is 0.396 e. The van der Waals surface area contributed by atoms with Crippen LogP contribution in [0, 0.1) is 17.8 Å². The van der Waals surface area contributed by atoms with Crippen LogP contribution < -0.4 is 10.6 Å². The summed E-state index contributed by atoms with van der Waals surface area (Å²) in [6.45, 7) is 13.8. The zero-order chi connectivity index (χ0) is 21.8. The fourth-order valence-corrected chi connectivity index (χ4v) is 4.65. The summed E-state index contributed by atoms with van der Waals surface area (Å²) in [6.07, 6.45) is 6.52.